The van der Waals surface area contributed by atoms with Crippen molar-refractivity contribution in [2.24, 2.45) is 0 Å². The largest absolute Gasteiger partial charge is 0.348 e. The van der Waals surface area contributed by atoms with E-state index in [-0.39, 0.29) is 11.9 Å². The first-order valence-corrected chi connectivity index (χ1v) is 10.6. The summed E-state index contributed by atoms with van der Waals surface area (Å²) in [6, 6.07) is 14.8. The maximum absolute atomic E-state index is 12.8. The summed E-state index contributed by atoms with van der Waals surface area (Å²) < 4.78 is 25.9. The van der Waals surface area contributed by atoms with Gasteiger partial charge in [0.15, 0.2) is 0 Å². The van der Waals surface area contributed by atoms with Crippen molar-refractivity contribution in [1.82, 2.24) is 5.32 Å². The lowest BCUT2D eigenvalue weighted by Crippen LogP contribution is -2.49. The van der Waals surface area contributed by atoms with E-state index in [0.29, 0.717) is 17.1 Å². The molecule has 0 aromatic heterocycles. The highest BCUT2D eigenvalue weighted by Gasteiger charge is 2.32. The van der Waals surface area contributed by atoms with E-state index in [1.165, 1.54) is 0 Å². The Morgan fingerprint density at radius 2 is 1.69 bits per heavy atom. The summed E-state index contributed by atoms with van der Waals surface area (Å²) in [5.41, 5.74) is 1.36. The highest BCUT2D eigenvalue weighted by atomic mass is 35.5. The molecule has 7 heteroatoms. The molecule has 1 amide bonds. The molecule has 2 aromatic carbocycles. The predicted molar refractivity (Wildman–Crippen MR) is 106 cm³/mol. The van der Waals surface area contributed by atoms with Gasteiger partial charge in [0.25, 0.3) is 0 Å². The van der Waals surface area contributed by atoms with E-state index in [1.807, 2.05) is 37.3 Å². The monoisotopic (exact) mass is 394 g/mol. The van der Waals surface area contributed by atoms with Gasteiger partial charge in [-0.2, -0.15) is 0 Å². The molecule has 2 aromatic rings. The molecular formula is C19H23ClN2O3S. The van der Waals surface area contributed by atoms with E-state index in [1.54, 1.807) is 31.2 Å². The molecule has 5 nitrogen and oxygen atoms in total. The van der Waals surface area contributed by atoms with E-state index in [9.17, 15) is 13.2 Å². The number of hydrogen-bond acceptors (Lipinski definition) is 3. The smallest absolute Gasteiger partial charge is 0.244 e. The number of amides is 1. The van der Waals surface area contributed by atoms with Crippen LogP contribution in [0.3, 0.4) is 0 Å². The third kappa shape index (κ3) is 4.99. The molecule has 0 spiro atoms. The van der Waals surface area contributed by atoms with Crippen molar-refractivity contribution >= 4 is 33.2 Å². The summed E-state index contributed by atoms with van der Waals surface area (Å²) >= 11 is 5.90. The Kier molecular flexibility index (Phi) is 6.67. The number of nitrogens with one attached hydrogen (secondary N) is 1. The fourth-order valence-corrected chi connectivity index (χ4v) is 4.12. The van der Waals surface area contributed by atoms with Crippen molar-refractivity contribution in [3.8, 4) is 0 Å². The van der Waals surface area contributed by atoms with Crippen LogP contribution in [0.25, 0.3) is 0 Å². The minimum atomic E-state index is -3.66. The number of nitrogens with zero attached hydrogens (tertiary/aromatic N) is 1. The fraction of sp³-hybridized carbons (Fsp3) is 0.316. The average molecular weight is 395 g/mol. The first kappa shape index (κ1) is 20.3. The molecule has 1 N–H and O–H groups in total. The Bertz CT molecular complexity index is 839. The van der Waals surface area contributed by atoms with Crippen LogP contribution in [0, 0.1) is 0 Å². The number of halogens is 1. The minimum absolute atomic E-state index is 0.232. The molecule has 0 bridgehead atoms. The third-order valence-corrected chi connectivity index (χ3v) is 5.50. The molecule has 26 heavy (non-hydrogen) atoms. The van der Waals surface area contributed by atoms with Crippen LogP contribution in [-0.2, 0) is 14.8 Å². The summed E-state index contributed by atoms with van der Waals surface area (Å²) in [6.45, 7) is 3.65. The van der Waals surface area contributed by atoms with Gasteiger partial charge in [0, 0.05) is 5.02 Å². The minimum Gasteiger partial charge on any atom is -0.348 e. The zero-order valence-corrected chi connectivity index (χ0v) is 16.6. The first-order valence-electron chi connectivity index (χ1n) is 8.34. The van der Waals surface area contributed by atoms with Crippen LogP contribution in [0.15, 0.2) is 54.6 Å². The maximum Gasteiger partial charge on any atom is 0.244 e. The van der Waals surface area contributed by atoms with Crippen molar-refractivity contribution in [2.45, 2.75) is 32.4 Å². The molecule has 0 aliphatic heterocycles. The van der Waals surface area contributed by atoms with E-state index in [4.69, 9.17) is 11.6 Å². The van der Waals surface area contributed by atoms with E-state index < -0.39 is 16.1 Å². The summed E-state index contributed by atoms with van der Waals surface area (Å²) in [5, 5.41) is 3.41. The van der Waals surface area contributed by atoms with Gasteiger partial charge in [0.05, 0.1) is 18.0 Å². The second-order valence-corrected chi connectivity index (χ2v) is 8.40. The van der Waals surface area contributed by atoms with Crippen LogP contribution in [0.2, 0.25) is 5.02 Å². The van der Waals surface area contributed by atoms with Gasteiger partial charge >= 0.3 is 0 Å². The quantitative estimate of drug-likeness (QED) is 0.777. The summed E-state index contributed by atoms with van der Waals surface area (Å²) in [7, 11) is -3.66. The van der Waals surface area contributed by atoms with Gasteiger partial charge in [-0.3, -0.25) is 9.10 Å². The number of anilines is 1. The Balaban J connectivity index is 2.29. The number of hydrogen-bond donors (Lipinski definition) is 1. The second kappa shape index (κ2) is 8.56. The van der Waals surface area contributed by atoms with Gasteiger partial charge in [0.1, 0.15) is 6.04 Å². The van der Waals surface area contributed by atoms with Crippen LogP contribution in [0.4, 0.5) is 5.69 Å². The normalized spacial score (nSPS) is 13.7. The Morgan fingerprint density at radius 1 is 1.12 bits per heavy atom. The molecule has 0 saturated carbocycles. The molecule has 2 atom stereocenters. The zero-order chi connectivity index (χ0) is 19.3. The molecule has 0 fully saturated rings. The van der Waals surface area contributed by atoms with Gasteiger partial charge in [0.2, 0.25) is 15.9 Å². The molecule has 2 rings (SSSR count). The van der Waals surface area contributed by atoms with Gasteiger partial charge < -0.3 is 5.32 Å². The van der Waals surface area contributed by atoms with Crippen LogP contribution in [0.5, 0.6) is 0 Å². The van der Waals surface area contributed by atoms with Crippen molar-refractivity contribution in [2.75, 3.05) is 10.6 Å². The molecule has 2 unspecified atom stereocenters. The van der Waals surface area contributed by atoms with Crippen LogP contribution >= 0.6 is 11.6 Å². The lowest BCUT2D eigenvalue weighted by atomic mass is 10.1. The Morgan fingerprint density at radius 3 is 2.19 bits per heavy atom. The first-order chi connectivity index (χ1) is 12.2. The van der Waals surface area contributed by atoms with E-state index in [0.717, 1.165) is 16.1 Å². The van der Waals surface area contributed by atoms with Gasteiger partial charge in [-0.15, -0.1) is 0 Å². The SMILES string of the molecule is CCC(C(=O)NC(C)c1ccccc1)N(c1ccc(Cl)cc1)S(C)(=O)=O. The maximum atomic E-state index is 12.8. The van der Waals surface area contributed by atoms with E-state index >= 15 is 0 Å². The number of rotatable bonds is 7. The van der Waals surface area contributed by atoms with Crippen LogP contribution in [-0.4, -0.2) is 26.6 Å². The average Bonchev–Trinajstić information content (AvgIpc) is 2.60. The predicted octanol–water partition coefficient (Wildman–Crippen LogP) is 3.76. The zero-order valence-electron chi connectivity index (χ0n) is 15.0. The van der Waals surface area contributed by atoms with E-state index in [2.05, 4.69) is 5.32 Å². The van der Waals surface area contributed by atoms with Crippen molar-refractivity contribution in [3.63, 3.8) is 0 Å². The molecule has 0 heterocycles. The number of carbonyl (C=O) groups is 1. The Labute approximate surface area is 160 Å². The second-order valence-electron chi connectivity index (χ2n) is 6.10. The summed E-state index contributed by atoms with van der Waals surface area (Å²) in [4.78, 5) is 12.8. The highest BCUT2D eigenvalue weighted by molar-refractivity contribution is 7.92. The summed E-state index contributed by atoms with van der Waals surface area (Å²) in [5.74, 6) is -0.343. The van der Waals surface area contributed by atoms with Crippen molar-refractivity contribution in [3.05, 3.63) is 65.2 Å². The summed E-state index contributed by atoms with van der Waals surface area (Å²) in [6.07, 6.45) is 1.43. The number of carbonyl (C=O) groups excluding carboxylic acids is 1. The number of benzene rings is 2. The standard InChI is InChI=1S/C19H23ClN2O3S/c1-4-18(19(23)21-14(2)15-8-6-5-7-9-15)22(26(3,24)25)17-12-10-16(20)11-13-17/h5-14,18H,4H2,1-3H3,(H,21,23). The number of sulfonamides is 1. The molecule has 0 saturated heterocycles. The van der Waals surface area contributed by atoms with Crippen molar-refractivity contribution in [1.29, 1.82) is 0 Å². The lowest BCUT2D eigenvalue weighted by molar-refractivity contribution is -0.122. The van der Waals surface area contributed by atoms with Crippen molar-refractivity contribution < 1.29 is 13.2 Å². The van der Waals surface area contributed by atoms with Gasteiger partial charge in [-0.25, -0.2) is 8.42 Å². The molecule has 0 aliphatic rings. The van der Waals surface area contributed by atoms with Gasteiger partial charge in [-0.1, -0.05) is 48.9 Å². The van der Waals surface area contributed by atoms with Crippen LogP contribution in [0.1, 0.15) is 31.9 Å². The molecule has 0 radical (unpaired) electrons. The molecule has 0 aliphatic carbocycles. The van der Waals surface area contributed by atoms with Gasteiger partial charge in [-0.05, 0) is 43.2 Å². The lowest BCUT2D eigenvalue weighted by Gasteiger charge is -2.31. The van der Waals surface area contributed by atoms with Crippen LogP contribution < -0.4 is 9.62 Å². The topological polar surface area (TPSA) is 66.5 Å². The fourth-order valence-electron chi connectivity index (χ4n) is 2.78. The Hall–Kier alpha value is -2.05. The molecule has 140 valence electrons. The highest BCUT2D eigenvalue weighted by Crippen LogP contribution is 2.25. The third-order valence-electron chi connectivity index (χ3n) is 4.07. The molecular weight excluding hydrogens is 372 g/mol.